The minimum absolute atomic E-state index is 0.190. The van der Waals surface area contributed by atoms with E-state index in [1.807, 2.05) is 29.8 Å². The summed E-state index contributed by atoms with van der Waals surface area (Å²) in [5, 5.41) is 0. The fraction of sp³-hybridized carbons (Fsp3) is 0.789. The van der Waals surface area contributed by atoms with Gasteiger partial charge in [-0.3, -0.25) is 0 Å². The molecule has 0 N–H and O–H groups in total. The number of aryl methyl sites for hydroxylation is 1. The maximum absolute atomic E-state index is 12.6. The van der Waals surface area contributed by atoms with Gasteiger partial charge in [-0.2, -0.15) is 0 Å². The topological polar surface area (TPSA) is 50.6 Å². The molecule has 0 spiro atoms. The number of amides is 2. The van der Waals surface area contributed by atoms with E-state index in [-0.39, 0.29) is 6.03 Å². The van der Waals surface area contributed by atoms with Crippen LogP contribution in [-0.2, 0) is 4.74 Å². The molecule has 25 heavy (non-hydrogen) atoms. The number of piperidine rings is 1. The highest BCUT2D eigenvalue weighted by atomic mass is 16.5. The molecule has 1 aromatic rings. The van der Waals surface area contributed by atoms with Crippen molar-refractivity contribution in [1.29, 1.82) is 0 Å². The van der Waals surface area contributed by atoms with E-state index in [9.17, 15) is 4.79 Å². The molecule has 0 unspecified atom stereocenters. The van der Waals surface area contributed by atoms with Gasteiger partial charge >= 0.3 is 6.03 Å². The summed E-state index contributed by atoms with van der Waals surface area (Å²) in [4.78, 5) is 21.2. The SMILES string of the molecule is CCN(CC)C(=O)N1CCC(n2c(C)cnc2C2CCOCC2)CC1. The second-order valence-corrected chi connectivity index (χ2v) is 7.19. The third-order valence-corrected chi connectivity index (χ3v) is 5.73. The Hall–Kier alpha value is -1.56. The smallest absolute Gasteiger partial charge is 0.319 e. The van der Waals surface area contributed by atoms with Crippen molar-refractivity contribution in [3.05, 3.63) is 17.7 Å². The number of urea groups is 1. The van der Waals surface area contributed by atoms with Gasteiger partial charge in [0.25, 0.3) is 0 Å². The highest BCUT2D eigenvalue weighted by Gasteiger charge is 2.30. The van der Waals surface area contributed by atoms with Crippen LogP contribution in [0.4, 0.5) is 4.79 Å². The Morgan fingerprint density at radius 3 is 2.44 bits per heavy atom. The van der Waals surface area contributed by atoms with Gasteiger partial charge in [-0.1, -0.05) is 0 Å². The van der Waals surface area contributed by atoms with Gasteiger partial charge in [0.05, 0.1) is 0 Å². The number of hydrogen-bond acceptors (Lipinski definition) is 3. The molecule has 0 bridgehead atoms. The maximum Gasteiger partial charge on any atom is 0.319 e. The van der Waals surface area contributed by atoms with Gasteiger partial charge in [0.15, 0.2) is 0 Å². The summed E-state index contributed by atoms with van der Waals surface area (Å²) in [6.45, 7) is 11.2. The third kappa shape index (κ3) is 3.84. The van der Waals surface area contributed by atoms with Gasteiger partial charge < -0.3 is 19.1 Å². The minimum Gasteiger partial charge on any atom is -0.381 e. The van der Waals surface area contributed by atoms with E-state index in [4.69, 9.17) is 9.72 Å². The van der Waals surface area contributed by atoms with Crippen LogP contribution < -0.4 is 0 Å². The summed E-state index contributed by atoms with van der Waals surface area (Å²) in [5.74, 6) is 1.74. The molecule has 0 aliphatic carbocycles. The Kier molecular flexibility index (Phi) is 5.99. The quantitative estimate of drug-likeness (QED) is 0.840. The first kappa shape index (κ1) is 18.2. The molecule has 0 atom stereocenters. The molecule has 2 fully saturated rings. The Morgan fingerprint density at radius 1 is 1.20 bits per heavy atom. The van der Waals surface area contributed by atoms with Gasteiger partial charge in [-0.15, -0.1) is 0 Å². The van der Waals surface area contributed by atoms with Gasteiger partial charge in [0.2, 0.25) is 0 Å². The van der Waals surface area contributed by atoms with Crippen LogP contribution in [0.2, 0.25) is 0 Å². The van der Waals surface area contributed by atoms with Crippen molar-refractivity contribution in [1.82, 2.24) is 19.4 Å². The van der Waals surface area contributed by atoms with Gasteiger partial charge in [0.1, 0.15) is 5.82 Å². The number of imidazole rings is 1. The summed E-state index contributed by atoms with van der Waals surface area (Å²) < 4.78 is 7.97. The molecule has 2 amide bonds. The largest absolute Gasteiger partial charge is 0.381 e. The molecule has 2 saturated heterocycles. The molecular weight excluding hydrogens is 316 g/mol. The first-order chi connectivity index (χ1) is 12.2. The van der Waals surface area contributed by atoms with E-state index in [2.05, 4.69) is 11.5 Å². The van der Waals surface area contributed by atoms with Crippen molar-refractivity contribution in [3.8, 4) is 0 Å². The Bertz CT molecular complexity index is 568. The summed E-state index contributed by atoms with van der Waals surface area (Å²) in [7, 11) is 0. The fourth-order valence-electron chi connectivity index (χ4n) is 4.21. The normalized spacial score (nSPS) is 20.0. The number of carbonyl (C=O) groups excluding carboxylic acids is 1. The maximum atomic E-state index is 12.6. The molecule has 0 aromatic carbocycles. The lowest BCUT2D eigenvalue weighted by molar-refractivity contribution is 0.0815. The zero-order valence-corrected chi connectivity index (χ0v) is 15.9. The zero-order chi connectivity index (χ0) is 17.8. The monoisotopic (exact) mass is 348 g/mol. The van der Waals surface area contributed by atoms with Gasteiger partial charge in [-0.05, 0) is 46.5 Å². The van der Waals surface area contributed by atoms with Crippen LogP contribution in [0, 0.1) is 6.92 Å². The molecule has 2 aliphatic heterocycles. The fourth-order valence-corrected chi connectivity index (χ4v) is 4.21. The van der Waals surface area contributed by atoms with Crippen molar-refractivity contribution < 1.29 is 9.53 Å². The van der Waals surface area contributed by atoms with Crippen LogP contribution in [0.1, 0.15) is 63.0 Å². The molecule has 0 radical (unpaired) electrons. The molecule has 6 nitrogen and oxygen atoms in total. The second kappa shape index (κ2) is 8.21. The summed E-state index contributed by atoms with van der Waals surface area (Å²) in [6.07, 6.45) is 6.17. The molecule has 3 heterocycles. The first-order valence-electron chi connectivity index (χ1n) is 9.81. The van der Waals surface area contributed by atoms with E-state index in [1.54, 1.807) is 0 Å². The molecule has 2 aliphatic rings. The Labute approximate surface area is 151 Å². The standard InChI is InChI=1S/C19H32N4O2/c1-4-21(5-2)19(24)22-10-6-17(7-11-22)23-15(3)14-20-18(23)16-8-12-25-13-9-16/h14,16-17H,4-13H2,1-3H3. The molecule has 0 saturated carbocycles. The van der Waals surface area contributed by atoms with E-state index in [1.165, 1.54) is 11.5 Å². The molecule has 6 heteroatoms. The number of rotatable bonds is 4. The first-order valence-corrected chi connectivity index (χ1v) is 9.81. The van der Waals surface area contributed by atoms with Gasteiger partial charge in [0, 0.05) is 63.2 Å². The van der Waals surface area contributed by atoms with Crippen molar-refractivity contribution >= 4 is 6.03 Å². The molecule has 1 aromatic heterocycles. The third-order valence-electron chi connectivity index (χ3n) is 5.73. The summed E-state index contributed by atoms with van der Waals surface area (Å²) in [5.41, 5.74) is 1.25. The highest BCUT2D eigenvalue weighted by molar-refractivity contribution is 5.74. The molecule has 140 valence electrons. The van der Waals surface area contributed by atoms with Crippen LogP contribution in [0.3, 0.4) is 0 Å². The van der Waals surface area contributed by atoms with Crippen LogP contribution in [-0.4, -0.2) is 64.8 Å². The lowest BCUT2D eigenvalue weighted by atomic mass is 9.97. The van der Waals surface area contributed by atoms with Crippen molar-refractivity contribution in [2.75, 3.05) is 39.4 Å². The van der Waals surface area contributed by atoms with Crippen LogP contribution in [0.15, 0.2) is 6.20 Å². The minimum atomic E-state index is 0.190. The van der Waals surface area contributed by atoms with E-state index >= 15 is 0 Å². The van der Waals surface area contributed by atoms with E-state index < -0.39 is 0 Å². The van der Waals surface area contributed by atoms with Crippen LogP contribution in [0.25, 0.3) is 0 Å². The average Bonchev–Trinajstić information content (AvgIpc) is 3.05. The predicted octanol–water partition coefficient (Wildman–Crippen LogP) is 3.18. The molecular formula is C19H32N4O2. The lowest BCUT2D eigenvalue weighted by Gasteiger charge is -2.37. The highest BCUT2D eigenvalue weighted by Crippen LogP contribution is 2.32. The predicted molar refractivity (Wildman–Crippen MR) is 97.9 cm³/mol. The molecule has 3 rings (SSSR count). The number of likely N-dealkylation sites (tertiary alicyclic amines) is 1. The number of nitrogens with zero attached hydrogens (tertiary/aromatic N) is 4. The summed E-state index contributed by atoms with van der Waals surface area (Å²) in [6, 6.07) is 0.650. The number of hydrogen-bond donors (Lipinski definition) is 0. The Balaban J connectivity index is 1.67. The Morgan fingerprint density at radius 2 is 1.84 bits per heavy atom. The van der Waals surface area contributed by atoms with E-state index in [0.717, 1.165) is 65.1 Å². The lowest BCUT2D eigenvalue weighted by Crippen LogP contribution is -2.47. The summed E-state index contributed by atoms with van der Waals surface area (Å²) >= 11 is 0. The number of ether oxygens (including phenoxy) is 1. The zero-order valence-electron chi connectivity index (χ0n) is 15.9. The number of aromatic nitrogens is 2. The average molecular weight is 348 g/mol. The number of carbonyl (C=O) groups is 1. The van der Waals surface area contributed by atoms with Crippen molar-refractivity contribution in [2.45, 2.75) is 58.4 Å². The van der Waals surface area contributed by atoms with Crippen molar-refractivity contribution in [3.63, 3.8) is 0 Å². The van der Waals surface area contributed by atoms with Crippen molar-refractivity contribution in [2.24, 2.45) is 0 Å². The van der Waals surface area contributed by atoms with Crippen LogP contribution in [0.5, 0.6) is 0 Å². The second-order valence-electron chi connectivity index (χ2n) is 7.19. The van der Waals surface area contributed by atoms with E-state index in [0.29, 0.717) is 12.0 Å². The van der Waals surface area contributed by atoms with Crippen LogP contribution >= 0.6 is 0 Å². The van der Waals surface area contributed by atoms with Gasteiger partial charge in [-0.25, -0.2) is 9.78 Å².